The summed E-state index contributed by atoms with van der Waals surface area (Å²) in [4.78, 5) is 27.7. The van der Waals surface area contributed by atoms with E-state index in [4.69, 9.17) is 0 Å². The SMILES string of the molecule is Cc1ccc(N2CCC(NC(=O)[C@@]34CCCC[C@H]3CNC4)C2=O)cc1. The van der Waals surface area contributed by atoms with Crippen LogP contribution in [0, 0.1) is 18.3 Å². The van der Waals surface area contributed by atoms with Crippen molar-refractivity contribution in [2.45, 2.75) is 45.1 Å². The average molecular weight is 341 g/mol. The molecule has 134 valence electrons. The first kappa shape index (κ1) is 16.6. The molecular weight excluding hydrogens is 314 g/mol. The molecule has 4 rings (SSSR count). The summed E-state index contributed by atoms with van der Waals surface area (Å²) in [6.07, 6.45) is 5.07. The number of carbonyl (C=O) groups is 2. The van der Waals surface area contributed by atoms with E-state index in [1.165, 1.54) is 12.0 Å². The highest BCUT2D eigenvalue weighted by Crippen LogP contribution is 2.44. The van der Waals surface area contributed by atoms with Crippen LogP contribution in [0.3, 0.4) is 0 Å². The van der Waals surface area contributed by atoms with Crippen LogP contribution in [0.2, 0.25) is 0 Å². The molecule has 5 heteroatoms. The van der Waals surface area contributed by atoms with Gasteiger partial charge in [0.1, 0.15) is 6.04 Å². The molecular formula is C20H27N3O2. The van der Waals surface area contributed by atoms with Crippen LogP contribution in [0.25, 0.3) is 0 Å². The quantitative estimate of drug-likeness (QED) is 0.884. The van der Waals surface area contributed by atoms with Gasteiger partial charge in [-0.2, -0.15) is 0 Å². The monoisotopic (exact) mass is 341 g/mol. The molecule has 2 amide bonds. The zero-order chi connectivity index (χ0) is 17.4. The summed E-state index contributed by atoms with van der Waals surface area (Å²) in [5.74, 6) is 0.532. The first-order valence-corrected chi connectivity index (χ1v) is 9.50. The number of nitrogens with one attached hydrogen (secondary N) is 2. The summed E-state index contributed by atoms with van der Waals surface area (Å²) >= 11 is 0. The summed E-state index contributed by atoms with van der Waals surface area (Å²) in [6.45, 7) is 4.39. The number of rotatable bonds is 3. The predicted molar refractivity (Wildman–Crippen MR) is 97.3 cm³/mol. The van der Waals surface area contributed by atoms with Gasteiger partial charge in [0.05, 0.1) is 5.41 Å². The smallest absolute Gasteiger partial charge is 0.249 e. The maximum atomic E-state index is 13.1. The van der Waals surface area contributed by atoms with Crippen LogP contribution < -0.4 is 15.5 Å². The molecule has 25 heavy (non-hydrogen) atoms. The van der Waals surface area contributed by atoms with Gasteiger partial charge in [0.2, 0.25) is 11.8 Å². The van der Waals surface area contributed by atoms with Crippen LogP contribution in [-0.2, 0) is 9.59 Å². The van der Waals surface area contributed by atoms with Crippen molar-refractivity contribution in [3.05, 3.63) is 29.8 Å². The molecule has 5 nitrogen and oxygen atoms in total. The molecule has 3 fully saturated rings. The van der Waals surface area contributed by atoms with Crippen LogP contribution in [-0.4, -0.2) is 37.5 Å². The van der Waals surface area contributed by atoms with Gasteiger partial charge in [-0.15, -0.1) is 0 Å². The molecule has 0 spiro atoms. The number of carbonyl (C=O) groups excluding carboxylic acids is 2. The normalized spacial score (nSPS) is 31.9. The first-order chi connectivity index (χ1) is 12.1. The van der Waals surface area contributed by atoms with E-state index in [1.54, 1.807) is 4.90 Å². The van der Waals surface area contributed by atoms with E-state index in [0.717, 1.165) is 38.0 Å². The summed E-state index contributed by atoms with van der Waals surface area (Å²) in [6, 6.07) is 7.61. The van der Waals surface area contributed by atoms with Crippen LogP contribution >= 0.6 is 0 Å². The fourth-order valence-corrected chi connectivity index (χ4v) is 4.79. The van der Waals surface area contributed by atoms with Gasteiger partial charge in [-0.1, -0.05) is 30.5 Å². The third-order valence-corrected chi connectivity index (χ3v) is 6.35. The van der Waals surface area contributed by atoms with Crippen molar-refractivity contribution in [1.29, 1.82) is 0 Å². The van der Waals surface area contributed by atoms with Crippen LogP contribution in [0.5, 0.6) is 0 Å². The van der Waals surface area contributed by atoms with Crippen molar-refractivity contribution in [2.75, 3.05) is 24.5 Å². The third-order valence-electron chi connectivity index (χ3n) is 6.35. The van der Waals surface area contributed by atoms with Crippen molar-refractivity contribution >= 4 is 17.5 Å². The van der Waals surface area contributed by atoms with Crippen LogP contribution in [0.15, 0.2) is 24.3 Å². The lowest BCUT2D eigenvalue weighted by Gasteiger charge is -2.37. The molecule has 1 aromatic rings. The Labute approximate surface area is 149 Å². The van der Waals surface area contributed by atoms with E-state index in [1.807, 2.05) is 31.2 Å². The van der Waals surface area contributed by atoms with Crippen molar-refractivity contribution in [3.63, 3.8) is 0 Å². The Morgan fingerprint density at radius 3 is 2.84 bits per heavy atom. The second-order valence-corrected chi connectivity index (χ2v) is 7.87. The Bertz CT molecular complexity index is 672. The second-order valence-electron chi connectivity index (χ2n) is 7.87. The third kappa shape index (κ3) is 2.84. The summed E-state index contributed by atoms with van der Waals surface area (Å²) in [5.41, 5.74) is 1.80. The van der Waals surface area contributed by atoms with Crippen molar-refractivity contribution in [2.24, 2.45) is 11.3 Å². The van der Waals surface area contributed by atoms with Gasteiger partial charge in [0.25, 0.3) is 0 Å². The molecule has 0 aromatic heterocycles. The number of anilines is 1. The van der Waals surface area contributed by atoms with Crippen molar-refractivity contribution in [1.82, 2.24) is 10.6 Å². The predicted octanol–water partition coefficient (Wildman–Crippen LogP) is 2.00. The van der Waals surface area contributed by atoms with E-state index >= 15 is 0 Å². The number of fused-ring (bicyclic) bond motifs is 1. The van der Waals surface area contributed by atoms with Crippen LogP contribution in [0.4, 0.5) is 5.69 Å². The Hall–Kier alpha value is -1.88. The van der Waals surface area contributed by atoms with Gasteiger partial charge < -0.3 is 15.5 Å². The number of aryl methyl sites for hydroxylation is 1. The van der Waals surface area contributed by atoms with Gasteiger partial charge in [-0.05, 0) is 50.8 Å². The number of hydrogen-bond donors (Lipinski definition) is 2. The molecule has 3 atom stereocenters. The molecule has 0 radical (unpaired) electrons. The standard InChI is InChI=1S/C20H27N3O2/c1-14-5-7-16(8-6-14)23-11-9-17(18(23)24)22-19(25)20-10-3-2-4-15(20)12-21-13-20/h5-8,15,17,21H,2-4,9-13H2,1H3,(H,22,25)/t15-,17?,20+/m0/s1. The largest absolute Gasteiger partial charge is 0.344 e. The van der Waals surface area contributed by atoms with Gasteiger partial charge in [-0.3, -0.25) is 9.59 Å². The van der Waals surface area contributed by atoms with E-state index < -0.39 is 0 Å². The van der Waals surface area contributed by atoms with Gasteiger partial charge in [-0.25, -0.2) is 0 Å². The van der Waals surface area contributed by atoms with Gasteiger partial charge in [0.15, 0.2) is 0 Å². The average Bonchev–Trinajstić information content (AvgIpc) is 3.21. The lowest BCUT2D eigenvalue weighted by Crippen LogP contribution is -2.52. The van der Waals surface area contributed by atoms with Crippen LogP contribution in [0.1, 0.15) is 37.7 Å². The minimum absolute atomic E-state index is 0.0203. The molecule has 2 heterocycles. The van der Waals surface area contributed by atoms with Crippen molar-refractivity contribution in [3.8, 4) is 0 Å². The minimum atomic E-state index is -0.383. The fourth-order valence-electron chi connectivity index (χ4n) is 4.79. The van der Waals surface area contributed by atoms with E-state index in [9.17, 15) is 9.59 Å². The van der Waals surface area contributed by atoms with Gasteiger partial charge in [0, 0.05) is 18.8 Å². The Kier molecular flexibility index (Phi) is 4.28. The van der Waals surface area contributed by atoms with E-state index in [-0.39, 0.29) is 23.3 Å². The minimum Gasteiger partial charge on any atom is -0.344 e. The molecule has 2 aliphatic heterocycles. The molecule has 0 bridgehead atoms. The molecule has 3 aliphatic rings. The Morgan fingerprint density at radius 2 is 2.04 bits per heavy atom. The summed E-state index contributed by atoms with van der Waals surface area (Å²) in [7, 11) is 0. The number of amides is 2. The maximum absolute atomic E-state index is 13.1. The lowest BCUT2D eigenvalue weighted by atomic mass is 9.67. The highest BCUT2D eigenvalue weighted by atomic mass is 16.2. The second kappa shape index (κ2) is 6.45. The fraction of sp³-hybridized carbons (Fsp3) is 0.600. The number of benzene rings is 1. The topological polar surface area (TPSA) is 61.4 Å². The molecule has 1 unspecified atom stereocenters. The summed E-state index contributed by atoms with van der Waals surface area (Å²) < 4.78 is 0. The lowest BCUT2D eigenvalue weighted by molar-refractivity contribution is -0.136. The Morgan fingerprint density at radius 1 is 1.24 bits per heavy atom. The maximum Gasteiger partial charge on any atom is 0.249 e. The molecule has 1 aliphatic carbocycles. The molecule has 2 saturated heterocycles. The number of hydrogen-bond acceptors (Lipinski definition) is 3. The molecule has 1 saturated carbocycles. The van der Waals surface area contributed by atoms with Crippen molar-refractivity contribution < 1.29 is 9.59 Å². The number of nitrogens with zero attached hydrogens (tertiary/aromatic N) is 1. The van der Waals surface area contributed by atoms with E-state index in [0.29, 0.717) is 18.9 Å². The van der Waals surface area contributed by atoms with E-state index in [2.05, 4.69) is 10.6 Å². The molecule has 2 N–H and O–H groups in total. The molecule has 1 aromatic carbocycles. The van der Waals surface area contributed by atoms with Gasteiger partial charge >= 0.3 is 0 Å². The first-order valence-electron chi connectivity index (χ1n) is 9.50. The zero-order valence-electron chi connectivity index (χ0n) is 14.9. The highest BCUT2D eigenvalue weighted by Gasteiger charge is 2.51. The zero-order valence-corrected chi connectivity index (χ0v) is 14.9. The Balaban J connectivity index is 1.45. The summed E-state index contributed by atoms with van der Waals surface area (Å²) in [5, 5.41) is 6.51. The highest BCUT2D eigenvalue weighted by molar-refractivity contribution is 6.02.